The predicted molar refractivity (Wildman–Crippen MR) is 146 cm³/mol. The Balaban J connectivity index is 1.65. The number of fused-ring (bicyclic) bond motifs is 4. The quantitative estimate of drug-likeness (QED) is 0.525. The molecule has 2 aliphatic rings. The Hall–Kier alpha value is -3.37. The highest BCUT2D eigenvalue weighted by atomic mass is 35.5. The Morgan fingerprint density at radius 1 is 1.21 bits per heavy atom. The summed E-state index contributed by atoms with van der Waals surface area (Å²) in [5.41, 5.74) is 9.68. The number of amides is 2. The lowest BCUT2D eigenvalue weighted by molar-refractivity contribution is -0.123. The minimum absolute atomic E-state index is 0.193. The van der Waals surface area contributed by atoms with Gasteiger partial charge in [0.25, 0.3) is 11.8 Å². The molecule has 3 aromatic rings. The third-order valence-electron chi connectivity index (χ3n) is 7.31. The number of hydrogen-bond acceptors (Lipinski definition) is 7. The van der Waals surface area contributed by atoms with Crippen molar-refractivity contribution in [3.8, 4) is 5.75 Å². The number of nitrogens with two attached hydrogens (primary N) is 1. The van der Waals surface area contributed by atoms with Crippen LogP contribution in [0.1, 0.15) is 59.0 Å². The molecule has 1 unspecified atom stereocenters. The van der Waals surface area contributed by atoms with Gasteiger partial charge >= 0.3 is 0 Å². The average Bonchev–Trinajstić information content (AvgIpc) is 3.33. The SMILES string of the molecule is Cc1c(CCCN)nc2cc3nn2c1N(C)CCNC(=O)COc1ccc(Cl)cc1C(=O)N1CCCCC31. The minimum Gasteiger partial charge on any atom is -0.483 e. The highest BCUT2D eigenvalue weighted by Gasteiger charge is 2.33. The molecule has 4 heterocycles. The number of carbonyl (C=O) groups excluding carboxylic acids is 2. The number of anilines is 1. The summed E-state index contributed by atoms with van der Waals surface area (Å²) in [6, 6.07) is 6.69. The molecule has 1 saturated heterocycles. The van der Waals surface area contributed by atoms with Crippen LogP contribution in [0.5, 0.6) is 5.75 Å². The van der Waals surface area contributed by atoms with Gasteiger partial charge < -0.3 is 25.6 Å². The number of nitrogens with one attached hydrogen (secondary N) is 1. The molecule has 11 heteroatoms. The van der Waals surface area contributed by atoms with Gasteiger partial charge in [-0.2, -0.15) is 9.61 Å². The van der Waals surface area contributed by atoms with E-state index in [0.29, 0.717) is 42.5 Å². The van der Waals surface area contributed by atoms with E-state index >= 15 is 0 Å². The molecule has 1 aromatic carbocycles. The van der Waals surface area contributed by atoms with E-state index in [9.17, 15) is 9.59 Å². The third kappa shape index (κ3) is 5.15. The van der Waals surface area contributed by atoms with Crippen LogP contribution in [-0.4, -0.2) is 71.1 Å². The Morgan fingerprint density at radius 3 is 2.87 bits per heavy atom. The first kappa shape index (κ1) is 26.2. The molecule has 0 saturated carbocycles. The molecular formula is C27H34ClN7O3. The van der Waals surface area contributed by atoms with Crippen LogP contribution in [-0.2, 0) is 11.2 Å². The van der Waals surface area contributed by atoms with Crippen molar-refractivity contribution in [1.82, 2.24) is 24.8 Å². The second kappa shape index (κ2) is 11.2. The molecule has 38 heavy (non-hydrogen) atoms. The standard InChI is InChI=1S/C27H34ClN7O3/c1-17-20(6-5-10-29)31-24-15-21-22-7-3-4-12-34(22)27(37)19-14-18(28)8-9-23(19)38-16-25(36)30-11-13-33(2)26(17)35(24)32-21/h8-9,14-15,22H,3-7,10-13,16,29H2,1-2H3,(H,30,36). The highest BCUT2D eigenvalue weighted by molar-refractivity contribution is 6.31. The number of hydrogen-bond donors (Lipinski definition) is 2. The molecule has 1 fully saturated rings. The van der Waals surface area contributed by atoms with E-state index in [0.717, 1.165) is 60.5 Å². The van der Waals surface area contributed by atoms with Crippen LogP contribution in [0, 0.1) is 6.92 Å². The molecule has 2 bridgehead atoms. The Bertz CT molecular complexity index is 1360. The zero-order valence-corrected chi connectivity index (χ0v) is 22.6. The Morgan fingerprint density at radius 2 is 2.05 bits per heavy atom. The van der Waals surface area contributed by atoms with Crippen molar-refractivity contribution in [3.05, 3.63) is 51.8 Å². The zero-order chi connectivity index (χ0) is 26.8. The number of nitrogens with zero attached hydrogens (tertiary/aromatic N) is 5. The topological polar surface area (TPSA) is 118 Å². The second-order valence-electron chi connectivity index (χ2n) is 9.95. The summed E-state index contributed by atoms with van der Waals surface area (Å²) < 4.78 is 7.68. The molecule has 3 N–H and O–H groups in total. The molecule has 2 amide bonds. The highest BCUT2D eigenvalue weighted by Crippen LogP contribution is 2.35. The Kier molecular flexibility index (Phi) is 7.71. The molecule has 5 rings (SSSR count). The van der Waals surface area contributed by atoms with E-state index < -0.39 is 0 Å². The summed E-state index contributed by atoms with van der Waals surface area (Å²) in [4.78, 5) is 35.4. The van der Waals surface area contributed by atoms with Gasteiger partial charge in [-0.25, -0.2) is 4.98 Å². The molecule has 0 aliphatic carbocycles. The van der Waals surface area contributed by atoms with Gasteiger partial charge in [-0.1, -0.05) is 11.6 Å². The fourth-order valence-corrected chi connectivity index (χ4v) is 5.53. The molecule has 0 radical (unpaired) electrons. The first-order chi connectivity index (χ1) is 18.4. The molecule has 0 spiro atoms. The molecule has 2 aliphatic heterocycles. The van der Waals surface area contributed by atoms with Crippen LogP contribution >= 0.6 is 11.6 Å². The average molecular weight is 540 g/mol. The van der Waals surface area contributed by atoms with Gasteiger partial charge in [0.05, 0.1) is 17.3 Å². The second-order valence-corrected chi connectivity index (χ2v) is 10.4. The molecule has 1 atom stereocenters. The summed E-state index contributed by atoms with van der Waals surface area (Å²) in [5.74, 6) is 0.789. The van der Waals surface area contributed by atoms with Gasteiger partial charge in [-0.15, -0.1) is 0 Å². The van der Waals surface area contributed by atoms with Crippen molar-refractivity contribution in [3.63, 3.8) is 0 Å². The number of halogens is 1. The van der Waals surface area contributed by atoms with Crippen molar-refractivity contribution in [2.45, 2.75) is 45.1 Å². The van der Waals surface area contributed by atoms with Crippen LogP contribution in [0.25, 0.3) is 5.65 Å². The van der Waals surface area contributed by atoms with Crippen molar-refractivity contribution < 1.29 is 14.3 Å². The Labute approximate surface area is 227 Å². The van der Waals surface area contributed by atoms with E-state index in [1.54, 1.807) is 18.2 Å². The molecule has 2 aromatic heterocycles. The number of piperidine rings is 1. The normalized spacial score (nSPS) is 18.8. The number of likely N-dealkylation sites (N-methyl/N-ethyl adjacent to an activating group) is 1. The summed E-state index contributed by atoms with van der Waals surface area (Å²) in [6.07, 6.45) is 4.27. The number of aromatic nitrogens is 3. The van der Waals surface area contributed by atoms with Gasteiger partial charge in [-0.3, -0.25) is 9.59 Å². The van der Waals surface area contributed by atoms with E-state index in [2.05, 4.69) is 10.2 Å². The molecular weight excluding hydrogens is 506 g/mol. The van der Waals surface area contributed by atoms with E-state index in [-0.39, 0.29) is 24.5 Å². The van der Waals surface area contributed by atoms with E-state index in [1.165, 1.54) is 0 Å². The largest absolute Gasteiger partial charge is 0.483 e. The monoisotopic (exact) mass is 539 g/mol. The number of benzene rings is 1. The number of carbonyl (C=O) groups is 2. The van der Waals surface area contributed by atoms with Gasteiger partial charge in [0.2, 0.25) is 0 Å². The van der Waals surface area contributed by atoms with Gasteiger partial charge in [0, 0.05) is 49.0 Å². The van der Waals surface area contributed by atoms with Crippen LogP contribution < -0.4 is 20.7 Å². The number of rotatable bonds is 3. The lowest BCUT2D eigenvalue weighted by atomic mass is 9.98. The van der Waals surface area contributed by atoms with Crippen molar-refractivity contribution in [2.75, 3.05) is 44.7 Å². The summed E-state index contributed by atoms with van der Waals surface area (Å²) in [7, 11) is 1.98. The molecule has 202 valence electrons. The zero-order valence-electron chi connectivity index (χ0n) is 21.9. The molecule has 10 nitrogen and oxygen atoms in total. The van der Waals surface area contributed by atoms with Gasteiger partial charge in [0.15, 0.2) is 12.3 Å². The smallest absolute Gasteiger partial charge is 0.258 e. The maximum atomic E-state index is 13.9. The lowest BCUT2D eigenvalue weighted by Gasteiger charge is -2.35. The lowest BCUT2D eigenvalue weighted by Crippen LogP contribution is -2.39. The maximum Gasteiger partial charge on any atom is 0.258 e. The number of ether oxygens (including phenoxy) is 1. The fraction of sp³-hybridized carbons (Fsp3) is 0.481. The van der Waals surface area contributed by atoms with Gasteiger partial charge in [-0.05, 0) is 63.8 Å². The predicted octanol–water partition coefficient (Wildman–Crippen LogP) is 2.89. The first-order valence-electron chi connectivity index (χ1n) is 13.2. The van der Waals surface area contributed by atoms with Crippen LogP contribution in [0.3, 0.4) is 0 Å². The van der Waals surface area contributed by atoms with Crippen LogP contribution in [0.2, 0.25) is 5.02 Å². The summed E-state index contributed by atoms with van der Waals surface area (Å²) in [6.45, 7) is 4.00. The summed E-state index contributed by atoms with van der Waals surface area (Å²) >= 11 is 6.28. The maximum absolute atomic E-state index is 13.9. The van der Waals surface area contributed by atoms with Crippen molar-refractivity contribution >= 4 is 34.9 Å². The fourth-order valence-electron chi connectivity index (χ4n) is 5.35. The van der Waals surface area contributed by atoms with Crippen molar-refractivity contribution in [2.24, 2.45) is 5.73 Å². The van der Waals surface area contributed by atoms with E-state index in [1.807, 2.05) is 29.5 Å². The van der Waals surface area contributed by atoms with E-state index in [4.69, 9.17) is 32.2 Å². The van der Waals surface area contributed by atoms with Gasteiger partial charge in [0.1, 0.15) is 11.6 Å². The number of aryl methyl sites for hydroxylation is 1. The van der Waals surface area contributed by atoms with Crippen molar-refractivity contribution in [1.29, 1.82) is 0 Å². The first-order valence-corrected chi connectivity index (χ1v) is 13.6. The minimum atomic E-state index is -0.267. The van der Waals surface area contributed by atoms with Crippen LogP contribution in [0.4, 0.5) is 5.82 Å². The summed E-state index contributed by atoms with van der Waals surface area (Å²) in [5, 5.41) is 8.35. The third-order valence-corrected chi connectivity index (χ3v) is 7.55. The van der Waals surface area contributed by atoms with Crippen LogP contribution in [0.15, 0.2) is 24.3 Å².